The van der Waals surface area contributed by atoms with E-state index < -0.39 is 0 Å². The summed E-state index contributed by atoms with van der Waals surface area (Å²) in [4.78, 5) is 4.84. The first kappa shape index (κ1) is 23.1. The Morgan fingerprint density at radius 3 is 2.62 bits per heavy atom. The van der Waals surface area contributed by atoms with Crippen LogP contribution in [0.5, 0.6) is 0 Å². The van der Waals surface area contributed by atoms with E-state index in [1.165, 1.54) is 0 Å². The van der Waals surface area contributed by atoms with Crippen molar-refractivity contribution < 1.29 is 9.47 Å². The zero-order valence-corrected chi connectivity index (χ0v) is 19.1. The van der Waals surface area contributed by atoms with E-state index in [4.69, 9.17) is 25.6 Å². The number of nitrogens with two attached hydrogens (primary N) is 1. The zero-order valence-electron chi connectivity index (χ0n) is 19.1. The lowest BCUT2D eigenvalue weighted by molar-refractivity contribution is 0.123. The molecule has 0 spiro atoms. The number of nitrogens with zero attached hydrogens (tertiary/aromatic N) is 1. The van der Waals surface area contributed by atoms with Crippen LogP contribution in [-0.2, 0) is 9.47 Å². The molecule has 1 aromatic carbocycles. The highest BCUT2D eigenvalue weighted by molar-refractivity contribution is 6.50. The van der Waals surface area contributed by atoms with Gasteiger partial charge in [-0.2, -0.15) is 0 Å². The molecule has 32 heavy (non-hydrogen) atoms. The predicted octanol–water partition coefficient (Wildman–Crippen LogP) is 3.53. The molecule has 0 bridgehead atoms. The normalized spacial score (nSPS) is 24.1. The van der Waals surface area contributed by atoms with Crippen molar-refractivity contribution in [2.45, 2.75) is 32.9 Å². The minimum atomic E-state index is -0.182. The van der Waals surface area contributed by atoms with Crippen molar-refractivity contribution in [2.24, 2.45) is 16.6 Å². The third-order valence-corrected chi connectivity index (χ3v) is 5.55. The van der Waals surface area contributed by atoms with E-state index in [9.17, 15) is 0 Å². The average molecular weight is 430 g/mol. The molecule has 0 amide bonds. The predicted molar refractivity (Wildman–Crippen MR) is 133 cm³/mol. The first-order valence-corrected chi connectivity index (χ1v) is 10.7. The Labute approximate surface area is 189 Å². The maximum absolute atomic E-state index is 8.17. The van der Waals surface area contributed by atoms with Gasteiger partial charge in [-0.1, -0.05) is 49.1 Å². The zero-order chi connectivity index (χ0) is 23.3. The second kappa shape index (κ2) is 10.1. The van der Waals surface area contributed by atoms with E-state index in [-0.39, 0.29) is 18.1 Å². The van der Waals surface area contributed by atoms with Gasteiger partial charge in [0.2, 0.25) is 0 Å². The molecule has 0 aliphatic heterocycles. The molecule has 0 heterocycles. The van der Waals surface area contributed by atoms with E-state index >= 15 is 0 Å². The SMILES string of the molecule is C=c1cccc/c1=C(N)/C(=C\C)C1C(OC(C)/C=C(/C)OC)=CC1/N=C1\C=CC=CC1=N. The maximum Gasteiger partial charge on any atom is 0.117 e. The van der Waals surface area contributed by atoms with Gasteiger partial charge in [-0.05, 0) is 55.9 Å². The first-order chi connectivity index (χ1) is 15.3. The topological polar surface area (TPSA) is 80.7 Å². The van der Waals surface area contributed by atoms with Crippen LogP contribution in [0.2, 0.25) is 0 Å². The molecule has 0 saturated carbocycles. The van der Waals surface area contributed by atoms with Crippen molar-refractivity contribution in [2.75, 3.05) is 7.11 Å². The molecule has 5 nitrogen and oxygen atoms in total. The molecule has 3 atom stereocenters. The molecule has 5 heteroatoms. The lowest BCUT2D eigenvalue weighted by atomic mass is 9.78. The summed E-state index contributed by atoms with van der Waals surface area (Å²) in [6, 6.07) is 7.64. The Hall–Kier alpha value is -3.60. The van der Waals surface area contributed by atoms with Crippen LogP contribution in [-0.4, -0.2) is 30.7 Å². The molecule has 0 aromatic heterocycles. The fraction of sp³-hybridized carbons (Fsp3) is 0.259. The van der Waals surface area contributed by atoms with Crippen molar-refractivity contribution in [1.29, 1.82) is 5.41 Å². The number of rotatable bonds is 7. The van der Waals surface area contributed by atoms with E-state index in [0.29, 0.717) is 17.1 Å². The fourth-order valence-corrected chi connectivity index (χ4v) is 3.81. The second-order valence-electron chi connectivity index (χ2n) is 7.80. The van der Waals surface area contributed by atoms with E-state index in [2.05, 4.69) is 6.58 Å². The van der Waals surface area contributed by atoms with Crippen LogP contribution in [0.25, 0.3) is 12.3 Å². The van der Waals surface area contributed by atoms with Gasteiger partial charge in [0.15, 0.2) is 0 Å². The minimum Gasteiger partial charge on any atom is -0.502 e. The third-order valence-electron chi connectivity index (χ3n) is 5.55. The monoisotopic (exact) mass is 429 g/mol. The number of methoxy groups -OCH3 is 1. The maximum atomic E-state index is 8.17. The summed E-state index contributed by atoms with van der Waals surface area (Å²) in [6.07, 6.45) is 13.1. The van der Waals surface area contributed by atoms with Crippen molar-refractivity contribution >= 4 is 23.7 Å². The van der Waals surface area contributed by atoms with Gasteiger partial charge in [-0.3, -0.25) is 10.4 Å². The highest BCUT2D eigenvalue weighted by Gasteiger charge is 2.38. The van der Waals surface area contributed by atoms with Crippen LogP contribution in [0.3, 0.4) is 0 Å². The molecular formula is C27H31N3O2. The molecule has 166 valence electrons. The molecule has 0 radical (unpaired) electrons. The van der Waals surface area contributed by atoms with E-state index in [1.54, 1.807) is 13.2 Å². The molecule has 0 saturated heterocycles. The number of aliphatic imine (C=N–C) groups is 1. The lowest BCUT2D eigenvalue weighted by Crippen LogP contribution is -2.38. The van der Waals surface area contributed by atoms with Crippen LogP contribution in [0.4, 0.5) is 0 Å². The largest absolute Gasteiger partial charge is 0.502 e. The molecule has 3 unspecified atom stereocenters. The summed E-state index contributed by atoms with van der Waals surface area (Å²) < 4.78 is 11.5. The summed E-state index contributed by atoms with van der Waals surface area (Å²) in [5.74, 6) is 1.45. The Balaban J connectivity index is 2.02. The van der Waals surface area contributed by atoms with Crippen LogP contribution in [0.15, 0.2) is 88.9 Å². The summed E-state index contributed by atoms with van der Waals surface area (Å²) in [5.41, 5.74) is 9.29. The standard InChI is InChI=1S/C27H31N3O2/c1-6-20(27(29)21-12-8-7-11-17(21)2)26-24(30-23-14-10-9-13-22(23)28)16-25(26)32-19(4)15-18(3)31-5/h6-16,19,24,26,28H,2,29H2,1,3-5H3/b18-15-,20-6-,27-21+,28-22?,30-23+. The van der Waals surface area contributed by atoms with Gasteiger partial charge in [0.05, 0.1) is 36.3 Å². The van der Waals surface area contributed by atoms with Crippen LogP contribution >= 0.6 is 0 Å². The number of hydrogen-bond donors (Lipinski definition) is 2. The van der Waals surface area contributed by atoms with Crippen molar-refractivity contribution in [3.63, 3.8) is 0 Å². The quantitative estimate of drug-likeness (QED) is 0.514. The Morgan fingerprint density at radius 1 is 1.25 bits per heavy atom. The van der Waals surface area contributed by atoms with Crippen LogP contribution < -0.4 is 16.2 Å². The average Bonchev–Trinajstić information content (AvgIpc) is 2.77. The van der Waals surface area contributed by atoms with Gasteiger partial charge in [0, 0.05) is 10.9 Å². The van der Waals surface area contributed by atoms with Crippen molar-refractivity contribution in [3.05, 3.63) is 94.3 Å². The minimum absolute atomic E-state index is 0.155. The van der Waals surface area contributed by atoms with Gasteiger partial charge >= 0.3 is 0 Å². The highest BCUT2D eigenvalue weighted by Crippen LogP contribution is 2.40. The van der Waals surface area contributed by atoms with Gasteiger partial charge in [-0.25, -0.2) is 0 Å². The third kappa shape index (κ3) is 4.99. The Morgan fingerprint density at radius 2 is 1.97 bits per heavy atom. The summed E-state index contributed by atoms with van der Waals surface area (Å²) in [6.45, 7) is 9.96. The van der Waals surface area contributed by atoms with Gasteiger partial charge < -0.3 is 15.2 Å². The van der Waals surface area contributed by atoms with E-state index in [1.807, 2.05) is 81.5 Å². The molecule has 2 aliphatic rings. The summed E-state index contributed by atoms with van der Waals surface area (Å²) in [7, 11) is 1.64. The molecule has 3 rings (SSSR count). The lowest BCUT2D eigenvalue weighted by Gasteiger charge is -2.36. The van der Waals surface area contributed by atoms with Gasteiger partial charge in [0.1, 0.15) is 11.9 Å². The van der Waals surface area contributed by atoms with Crippen molar-refractivity contribution in [1.82, 2.24) is 0 Å². The number of nitrogens with one attached hydrogen (secondary N) is 1. The van der Waals surface area contributed by atoms with Crippen molar-refractivity contribution in [3.8, 4) is 0 Å². The number of ether oxygens (including phenoxy) is 2. The molecule has 1 aromatic rings. The van der Waals surface area contributed by atoms with Crippen LogP contribution in [0, 0.1) is 11.3 Å². The second-order valence-corrected chi connectivity index (χ2v) is 7.80. The molecular weight excluding hydrogens is 398 g/mol. The smallest absolute Gasteiger partial charge is 0.117 e. The van der Waals surface area contributed by atoms with Crippen LogP contribution in [0.1, 0.15) is 20.8 Å². The van der Waals surface area contributed by atoms with Gasteiger partial charge in [-0.15, -0.1) is 0 Å². The molecule has 2 aliphatic carbocycles. The Bertz CT molecular complexity index is 1180. The Kier molecular flexibility index (Phi) is 7.31. The summed E-state index contributed by atoms with van der Waals surface area (Å²) in [5, 5.41) is 9.94. The molecule has 3 N–H and O–H groups in total. The first-order valence-electron chi connectivity index (χ1n) is 10.7. The number of hydrogen-bond acceptors (Lipinski definition) is 5. The highest BCUT2D eigenvalue weighted by atomic mass is 16.5. The van der Waals surface area contributed by atoms with E-state index in [0.717, 1.165) is 27.5 Å². The van der Waals surface area contributed by atoms with Gasteiger partial charge in [0.25, 0.3) is 0 Å². The number of benzene rings is 1. The summed E-state index contributed by atoms with van der Waals surface area (Å²) >= 11 is 0. The fourth-order valence-electron chi connectivity index (χ4n) is 3.81. The number of allylic oxidation sites excluding steroid dienone is 6. The molecule has 0 fully saturated rings.